The van der Waals surface area contributed by atoms with E-state index < -0.39 is 24.0 Å². The summed E-state index contributed by atoms with van der Waals surface area (Å²) in [4.78, 5) is 27.5. The van der Waals surface area contributed by atoms with Crippen molar-refractivity contribution in [1.82, 2.24) is 10.3 Å². The summed E-state index contributed by atoms with van der Waals surface area (Å²) in [6.07, 6.45) is 0.504. The van der Waals surface area contributed by atoms with E-state index in [9.17, 15) is 19.8 Å². The van der Waals surface area contributed by atoms with Gasteiger partial charge in [-0.15, -0.1) is 11.3 Å². The Hall–Kier alpha value is -2.25. The number of benzene rings is 1. The molecule has 0 bridgehead atoms. The first-order chi connectivity index (χ1) is 12.3. The molecule has 0 aliphatic rings. The van der Waals surface area contributed by atoms with Crippen LogP contribution in [0.3, 0.4) is 0 Å². The van der Waals surface area contributed by atoms with Gasteiger partial charge in [0.25, 0.3) is 0 Å². The predicted molar refractivity (Wildman–Crippen MR) is 101 cm³/mol. The highest BCUT2D eigenvalue weighted by Crippen LogP contribution is 2.24. The van der Waals surface area contributed by atoms with E-state index >= 15 is 0 Å². The van der Waals surface area contributed by atoms with Crippen LogP contribution in [0.5, 0.6) is 0 Å². The third kappa shape index (κ3) is 5.64. The number of aliphatic carboxylic acids is 2. The number of nitrogens with one attached hydrogen (secondary N) is 1. The molecule has 2 rings (SSSR count). The molecule has 7 heteroatoms. The first-order valence-corrected chi connectivity index (χ1v) is 9.37. The summed E-state index contributed by atoms with van der Waals surface area (Å²) in [6, 6.07) is 6.07. The summed E-state index contributed by atoms with van der Waals surface area (Å²) in [7, 11) is 0. The number of nitrogens with zero attached hydrogens (tertiary/aromatic N) is 1. The molecule has 26 heavy (non-hydrogen) atoms. The van der Waals surface area contributed by atoms with Crippen LogP contribution >= 0.6 is 11.3 Å². The van der Waals surface area contributed by atoms with Gasteiger partial charge in [0.2, 0.25) is 0 Å². The van der Waals surface area contributed by atoms with Gasteiger partial charge in [0.05, 0.1) is 5.69 Å². The lowest BCUT2D eigenvalue weighted by molar-refractivity contribution is -0.142. The third-order valence-corrected chi connectivity index (χ3v) is 4.91. The van der Waals surface area contributed by atoms with Crippen molar-refractivity contribution in [2.45, 2.75) is 45.7 Å². The van der Waals surface area contributed by atoms with Crippen molar-refractivity contribution in [3.63, 3.8) is 0 Å². The van der Waals surface area contributed by atoms with E-state index in [4.69, 9.17) is 0 Å². The van der Waals surface area contributed by atoms with Gasteiger partial charge in [0.1, 0.15) is 17.1 Å². The van der Waals surface area contributed by atoms with Crippen LogP contribution in [0.4, 0.5) is 0 Å². The Kier molecular flexibility index (Phi) is 6.88. The molecule has 0 spiro atoms. The number of carbonyl (C=O) groups is 2. The third-order valence-electron chi connectivity index (χ3n) is 3.97. The van der Waals surface area contributed by atoms with Crippen LogP contribution in [0.2, 0.25) is 0 Å². The molecule has 0 saturated heterocycles. The lowest BCUT2D eigenvalue weighted by atomic mass is 10.0. The van der Waals surface area contributed by atoms with Crippen LogP contribution in [0.1, 0.15) is 31.5 Å². The molecule has 2 atom stereocenters. The average Bonchev–Trinajstić information content (AvgIpc) is 3.02. The van der Waals surface area contributed by atoms with Gasteiger partial charge in [-0.3, -0.25) is 14.9 Å². The smallest absolute Gasteiger partial charge is 0.321 e. The van der Waals surface area contributed by atoms with Crippen LogP contribution < -0.4 is 5.32 Å². The molecule has 1 aromatic heterocycles. The van der Waals surface area contributed by atoms with E-state index in [-0.39, 0.29) is 12.3 Å². The number of aromatic nitrogens is 1. The normalized spacial score (nSPS) is 13.5. The van der Waals surface area contributed by atoms with Crippen LogP contribution in [0, 0.1) is 12.8 Å². The number of carboxylic acids is 2. The summed E-state index contributed by atoms with van der Waals surface area (Å²) >= 11 is 1.45. The maximum atomic E-state index is 11.6. The largest absolute Gasteiger partial charge is 0.480 e. The number of hydrogen-bond acceptors (Lipinski definition) is 5. The number of carboxylic acid groups (broad SMARTS) is 2. The van der Waals surface area contributed by atoms with Crippen LogP contribution in [-0.2, 0) is 16.0 Å². The zero-order valence-electron chi connectivity index (χ0n) is 15.1. The fourth-order valence-electron chi connectivity index (χ4n) is 2.61. The fourth-order valence-corrected chi connectivity index (χ4v) is 3.45. The SMILES string of the molecule is Cc1ccc(-c2nc(C[C@H](NC(CC(C)C)C(=O)O)C(=O)O)cs2)cc1. The van der Waals surface area contributed by atoms with Crippen LogP contribution in [0.15, 0.2) is 29.6 Å². The van der Waals surface area contributed by atoms with E-state index in [1.807, 2.05) is 50.4 Å². The molecule has 140 valence electrons. The minimum Gasteiger partial charge on any atom is -0.480 e. The molecule has 3 N–H and O–H groups in total. The van der Waals surface area contributed by atoms with E-state index in [0.29, 0.717) is 12.1 Å². The minimum atomic E-state index is -1.08. The van der Waals surface area contributed by atoms with Crippen molar-refractivity contribution in [1.29, 1.82) is 0 Å². The van der Waals surface area contributed by atoms with Crippen molar-refractivity contribution >= 4 is 23.3 Å². The van der Waals surface area contributed by atoms with Gasteiger partial charge in [0.15, 0.2) is 0 Å². The summed E-state index contributed by atoms with van der Waals surface area (Å²) in [5.74, 6) is -1.97. The van der Waals surface area contributed by atoms with E-state index in [2.05, 4.69) is 10.3 Å². The molecule has 1 aromatic carbocycles. The molecule has 1 unspecified atom stereocenters. The monoisotopic (exact) mass is 376 g/mol. The number of hydrogen-bond donors (Lipinski definition) is 3. The molecule has 6 nitrogen and oxygen atoms in total. The average molecular weight is 376 g/mol. The molecule has 0 aliphatic heterocycles. The maximum Gasteiger partial charge on any atom is 0.321 e. The molecule has 0 amide bonds. The van der Waals surface area contributed by atoms with E-state index in [1.54, 1.807) is 0 Å². The van der Waals surface area contributed by atoms with Crippen molar-refractivity contribution in [2.75, 3.05) is 0 Å². The first kappa shape index (κ1) is 20.1. The number of thiazole rings is 1. The topological polar surface area (TPSA) is 99.5 Å². The number of rotatable bonds is 9. The highest BCUT2D eigenvalue weighted by Gasteiger charge is 2.27. The standard InChI is InChI=1S/C19H24N2O4S/c1-11(2)8-15(18(22)23)21-16(19(24)25)9-14-10-26-17(20-14)13-6-4-12(3)5-7-13/h4-7,10-11,15-16,21H,8-9H2,1-3H3,(H,22,23)(H,24,25)/t15?,16-/m0/s1. The van der Waals surface area contributed by atoms with E-state index in [0.717, 1.165) is 16.1 Å². The van der Waals surface area contributed by atoms with Gasteiger partial charge < -0.3 is 10.2 Å². The Morgan fingerprint density at radius 2 is 1.73 bits per heavy atom. The zero-order chi connectivity index (χ0) is 19.3. The Balaban J connectivity index is 2.11. The van der Waals surface area contributed by atoms with Crippen molar-refractivity contribution in [3.05, 3.63) is 40.9 Å². The summed E-state index contributed by atoms with van der Waals surface area (Å²) < 4.78 is 0. The lowest BCUT2D eigenvalue weighted by Gasteiger charge is -2.21. The highest BCUT2D eigenvalue weighted by atomic mass is 32.1. The Bertz CT molecular complexity index is 755. The molecule has 0 fully saturated rings. The van der Waals surface area contributed by atoms with Gasteiger partial charge >= 0.3 is 11.9 Å². The molecule has 2 aromatic rings. The van der Waals surface area contributed by atoms with Crippen LogP contribution in [-0.4, -0.2) is 39.2 Å². The van der Waals surface area contributed by atoms with Gasteiger partial charge in [-0.1, -0.05) is 43.7 Å². The quantitative estimate of drug-likeness (QED) is 0.621. The molecule has 0 aliphatic carbocycles. The second kappa shape index (κ2) is 8.91. The van der Waals surface area contributed by atoms with Gasteiger partial charge in [-0.25, -0.2) is 4.98 Å². The molecular weight excluding hydrogens is 352 g/mol. The first-order valence-electron chi connectivity index (χ1n) is 8.49. The molecule has 0 saturated carbocycles. The van der Waals surface area contributed by atoms with Crippen molar-refractivity contribution in [3.8, 4) is 10.6 Å². The zero-order valence-corrected chi connectivity index (χ0v) is 15.9. The van der Waals surface area contributed by atoms with Crippen molar-refractivity contribution in [2.24, 2.45) is 5.92 Å². The Morgan fingerprint density at radius 3 is 2.27 bits per heavy atom. The lowest BCUT2D eigenvalue weighted by Crippen LogP contribution is -2.48. The number of aryl methyl sites for hydroxylation is 1. The Morgan fingerprint density at radius 1 is 1.12 bits per heavy atom. The summed E-state index contributed by atoms with van der Waals surface area (Å²) in [6.45, 7) is 5.82. The minimum absolute atomic E-state index is 0.138. The van der Waals surface area contributed by atoms with E-state index in [1.165, 1.54) is 11.3 Å². The van der Waals surface area contributed by atoms with Gasteiger partial charge in [0, 0.05) is 17.4 Å². The molecule has 0 radical (unpaired) electrons. The van der Waals surface area contributed by atoms with Crippen molar-refractivity contribution < 1.29 is 19.8 Å². The highest BCUT2D eigenvalue weighted by molar-refractivity contribution is 7.13. The summed E-state index contributed by atoms with van der Waals surface area (Å²) in [5, 5.41) is 24.2. The Labute approximate surface area is 156 Å². The van der Waals surface area contributed by atoms with Gasteiger partial charge in [-0.2, -0.15) is 0 Å². The van der Waals surface area contributed by atoms with Crippen LogP contribution in [0.25, 0.3) is 10.6 Å². The molecule has 1 heterocycles. The summed E-state index contributed by atoms with van der Waals surface area (Å²) in [5.41, 5.74) is 2.78. The second-order valence-corrected chi connectivity index (χ2v) is 7.65. The maximum absolute atomic E-state index is 11.6. The second-order valence-electron chi connectivity index (χ2n) is 6.79. The van der Waals surface area contributed by atoms with Gasteiger partial charge in [-0.05, 0) is 19.3 Å². The molecular formula is C19H24N2O4S. The predicted octanol–water partition coefficient (Wildman–Crippen LogP) is 3.20. The fraction of sp³-hybridized carbons (Fsp3) is 0.421.